The predicted octanol–water partition coefficient (Wildman–Crippen LogP) is 4.13. The molecule has 0 aliphatic carbocycles. The Morgan fingerprint density at radius 1 is 1.22 bits per heavy atom. The van der Waals surface area contributed by atoms with E-state index < -0.39 is 0 Å². The van der Waals surface area contributed by atoms with Crippen molar-refractivity contribution in [1.82, 2.24) is 0 Å². The first-order valence-electron chi connectivity index (χ1n) is 5.68. The van der Waals surface area contributed by atoms with Gasteiger partial charge in [0.15, 0.2) is 0 Å². The van der Waals surface area contributed by atoms with Crippen LogP contribution in [-0.4, -0.2) is 0 Å². The van der Waals surface area contributed by atoms with E-state index in [0.717, 1.165) is 21.8 Å². The van der Waals surface area contributed by atoms with E-state index in [0.29, 0.717) is 12.1 Å². The molecule has 2 nitrogen and oxygen atoms in total. The van der Waals surface area contributed by atoms with Crippen molar-refractivity contribution in [2.75, 3.05) is 5.32 Å². The van der Waals surface area contributed by atoms with Gasteiger partial charge in [-0.2, -0.15) is 5.26 Å². The number of nitrogens with zero attached hydrogens (tertiary/aromatic N) is 1. The highest BCUT2D eigenvalue weighted by molar-refractivity contribution is 6.30. The number of rotatable bonds is 3. The molecule has 2 aromatic carbocycles. The monoisotopic (exact) mass is 256 g/mol. The van der Waals surface area contributed by atoms with Crippen molar-refractivity contribution in [3.05, 3.63) is 64.2 Å². The van der Waals surface area contributed by atoms with Gasteiger partial charge in [-0.15, -0.1) is 0 Å². The van der Waals surface area contributed by atoms with Gasteiger partial charge in [0.2, 0.25) is 0 Å². The fraction of sp³-hybridized carbons (Fsp3) is 0.133. The van der Waals surface area contributed by atoms with Gasteiger partial charge in [0.05, 0.1) is 11.6 Å². The summed E-state index contributed by atoms with van der Waals surface area (Å²) < 4.78 is 0. The van der Waals surface area contributed by atoms with E-state index in [1.165, 1.54) is 0 Å². The van der Waals surface area contributed by atoms with Crippen LogP contribution in [0.5, 0.6) is 0 Å². The van der Waals surface area contributed by atoms with E-state index in [4.69, 9.17) is 16.9 Å². The summed E-state index contributed by atoms with van der Waals surface area (Å²) in [5.74, 6) is 0. The third-order valence-corrected chi connectivity index (χ3v) is 2.96. The Labute approximate surface area is 112 Å². The van der Waals surface area contributed by atoms with E-state index in [1.54, 1.807) is 6.07 Å². The van der Waals surface area contributed by atoms with Gasteiger partial charge < -0.3 is 5.32 Å². The molecule has 90 valence electrons. The Morgan fingerprint density at radius 2 is 2.06 bits per heavy atom. The molecule has 1 N–H and O–H groups in total. The van der Waals surface area contributed by atoms with Gasteiger partial charge >= 0.3 is 0 Å². The first-order chi connectivity index (χ1) is 8.69. The highest BCUT2D eigenvalue weighted by atomic mass is 35.5. The summed E-state index contributed by atoms with van der Waals surface area (Å²) in [7, 11) is 0. The van der Waals surface area contributed by atoms with Gasteiger partial charge in [0, 0.05) is 17.3 Å². The lowest BCUT2D eigenvalue weighted by Gasteiger charge is -2.10. The second-order valence-corrected chi connectivity index (χ2v) is 4.56. The highest BCUT2D eigenvalue weighted by Crippen LogP contribution is 2.20. The summed E-state index contributed by atoms with van der Waals surface area (Å²) in [6.07, 6.45) is 0. The lowest BCUT2D eigenvalue weighted by Crippen LogP contribution is -2.01. The standard InChI is InChI=1S/C15H13ClN2/c1-11-7-14(16)5-6-15(11)18-10-13-4-2-3-12(8-13)9-17/h2-8,18H,10H2,1H3. The van der Waals surface area contributed by atoms with Crippen molar-refractivity contribution >= 4 is 17.3 Å². The maximum Gasteiger partial charge on any atom is 0.0991 e. The lowest BCUT2D eigenvalue weighted by atomic mass is 10.1. The Balaban J connectivity index is 2.09. The van der Waals surface area contributed by atoms with Crippen LogP contribution >= 0.6 is 11.6 Å². The number of halogens is 1. The van der Waals surface area contributed by atoms with Crippen molar-refractivity contribution in [3.8, 4) is 6.07 Å². The lowest BCUT2D eigenvalue weighted by molar-refractivity contribution is 1.14. The number of aryl methyl sites for hydroxylation is 1. The Hall–Kier alpha value is -1.98. The number of hydrogen-bond donors (Lipinski definition) is 1. The van der Waals surface area contributed by atoms with E-state index in [2.05, 4.69) is 11.4 Å². The van der Waals surface area contributed by atoms with Crippen LogP contribution < -0.4 is 5.32 Å². The van der Waals surface area contributed by atoms with Crippen LogP contribution in [-0.2, 0) is 6.54 Å². The minimum Gasteiger partial charge on any atom is -0.381 e. The minimum absolute atomic E-state index is 0.683. The maximum absolute atomic E-state index is 8.84. The van der Waals surface area contributed by atoms with Gasteiger partial charge in [-0.1, -0.05) is 23.7 Å². The second-order valence-electron chi connectivity index (χ2n) is 4.12. The maximum atomic E-state index is 8.84. The third-order valence-electron chi connectivity index (χ3n) is 2.73. The van der Waals surface area contributed by atoms with E-state index >= 15 is 0 Å². The fourth-order valence-corrected chi connectivity index (χ4v) is 2.00. The van der Waals surface area contributed by atoms with E-state index in [9.17, 15) is 0 Å². The molecule has 0 bridgehead atoms. The quantitative estimate of drug-likeness (QED) is 0.896. The number of anilines is 1. The molecular formula is C15H13ClN2. The van der Waals surface area contributed by atoms with Crippen molar-refractivity contribution in [3.63, 3.8) is 0 Å². The molecule has 18 heavy (non-hydrogen) atoms. The molecule has 0 unspecified atom stereocenters. The average molecular weight is 257 g/mol. The van der Waals surface area contributed by atoms with Crippen molar-refractivity contribution < 1.29 is 0 Å². The second kappa shape index (κ2) is 5.57. The minimum atomic E-state index is 0.683. The van der Waals surface area contributed by atoms with Crippen LogP contribution in [0.15, 0.2) is 42.5 Å². The van der Waals surface area contributed by atoms with Gasteiger partial charge in [0.1, 0.15) is 0 Å². The van der Waals surface area contributed by atoms with Crippen molar-refractivity contribution in [1.29, 1.82) is 5.26 Å². The summed E-state index contributed by atoms with van der Waals surface area (Å²) >= 11 is 5.91. The Kier molecular flexibility index (Phi) is 3.86. The molecule has 0 aliphatic heterocycles. The molecule has 0 amide bonds. The smallest absolute Gasteiger partial charge is 0.0991 e. The molecule has 3 heteroatoms. The summed E-state index contributed by atoms with van der Waals surface area (Å²) in [4.78, 5) is 0. The molecule has 0 aromatic heterocycles. The van der Waals surface area contributed by atoms with Crippen LogP contribution in [0.25, 0.3) is 0 Å². The summed E-state index contributed by atoms with van der Waals surface area (Å²) in [5.41, 5.74) is 3.94. The normalized spacial score (nSPS) is 9.83. The molecule has 2 rings (SSSR count). The molecule has 2 aromatic rings. The van der Waals surface area contributed by atoms with Crippen molar-refractivity contribution in [2.24, 2.45) is 0 Å². The number of nitrogens with one attached hydrogen (secondary N) is 1. The topological polar surface area (TPSA) is 35.8 Å². The Bertz CT molecular complexity index is 600. The van der Waals surface area contributed by atoms with Crippen molar-refractivity contribution in [2.45, 2.75) is 13.5 Å². The van der Waals surface area contributed by atoms with Crippen LogP contribution in [0.4, 0.5) is 5.69 Å². The molecule has 0 radical (unpaired) electrons. The van der Waals surface area contributed by atoms with Gasteiger partial charge in [-0.25, -0.2) is 0 Å². The predicted molar refractivity (Wildman–Crippen MR) is 74.7 cm³/mol. The Morgan fingerprint density at radius 3 is 2.78 bits per heavy atom. The molecule has 0 saturated heterocycles. The van der Waals surface area contributed by atoms with Gasteiger partial charge in [-0.3, -0.25) is 0 Å². The zero-order valence-corrected chi connectivity index (χ0v) is 10.8. The van der Waals surface area contributed by atoms with E-state index in [1.807, 2.05) is 43.3 Å². The summed E-state index contributed by atoms with van der Waals surface area (Å²) in [6, 6.07) is 15.5. The number of nitriles is 1. The largest absolute Gasteiger partial charge is 0.381 e. The van der Waals surface area contributed by atoms with Gasteiger partial charge in [-0.05, 0) is 48.4 Å². The number of hydrogen-bond acceptors (Lipinski definition) is 2. The first kappa shape index (κ1) is 12.5. The summed E-state index contributed by atoms with van der Waals surface area (Å²) in [5, 5.41) is 12.9. The average Bonchev–Trinajstić information content (AvgIpc) is 2.38. The third kappa shape index (κ3) is 3.03. The highest BCUT2D eigenvalue weighted by Gasteiger charge is 2.00. The molecule has 0 spiro atoms. The van der Waals surface area contributed by atoms with E-state index in [-0.39, 0.29) is 0 Å². The fourth-order valence-electron chi connectivity index (χ4n) is 1.77. The SMILES string of the molecule is Cc1cc(Cl)ccc1NCc1cccc(C#N)c1. The van der Waals surface area contributed by atoms with Crippen LogP contribution in [0.3, 0.4) is 0 Å². The first-order valence-corrected chi connectivity index (χ1v) is 6.06. The molecule has 0 atom stereocenters. The zero-order valence-electron chi connectivity index (χ0n) is 10.1. The molecule has 0 saturated carbocycles. The van der Waals surface area contributed by atoms with Crippen LogP contribution in [0, 0.1) is 18.3 Å². The molecular weight excluding hydrogens is 244 g/mol. The molecule has 0 heterocycles. The van der Waals surface area contributed by atoms with Crippen LogP contribution in [0.1, 0.15) is 16.7 Å². The van der Waals surface area contributed by atoms with Crippen LogP contribution in [0.2, 0.25) is 5.02 Å². The zero-order chi connectivity index (χ0) is 13.0. The number of benzene rings is 2. The molecule has 0 aliphatic rings. The molecule has 0 fully saturated rings. The van der Waals surface area contributed by atoms with Gasteiger partial charge in [0.25, 0.3) is 0 Å². The summed E-state index contributed by atoms with van der Waals surface area (Å²) in [6.45, 7) is 2.71.